The number of pyridine rings is 1. The van der Waals surface area contributed by atoms with Crippen molar-refractivity contribution in [2.24, 2.45) is 10.9 Å². The fourth-order valence-electron chi connectivity index (χ4n) is 1.30. The van der Waals surface area contributed by atoms with Gasteiger partial charge in [0.05, 0.1) is 4.47 Å². The van der Waals surface area contributed by atoms with Crippen LogP contribution in [0.1, 0.15) is 11.4 Å². The first-order valence-corrected chi connectivity index (χ1v) is 6.83. The highest BCUT2D eigenvalue weighted by atomic mass is 79.9. The van der Waals surface area contributed by atoms with Crippen LogP contribution in [0.3, 0.4) is 0 Å². The van der Waals surface area contributed by atoms with Crippen LogP contribution in [-0.2, 0) is 0 Å². The second kappa shape index (κ2) is 5.98. The number of aromatic nitrogens is 3. The third-order valence-electron chi connectivity index (χ3n) is 2.12. The van der Waals surface area contributed by atoms with Crippen molar-refractivity contribution in [2.45, 2.75) is 17.1 Å². The lowest BCUT2D eigenvalue weighted by atomic mass is 10.3. The molecule has 98 valence electrons. The summed E-state index contributed by atoms with van der Waals surface area (Å²) in [4.78, 5) is 12.7. The molecule has 0 radical (unpaired) electrons. The molecule has 2 aromatic heterocycles. The summed E-state index contributed by atoms with van der Waals surface area (Å²) in [6.07, 6.45) is 1.69. The second-order valence-electron chi connectivity index (χ2n) is 3.55. The Labute approximate surface area is 122 Å². The summed E-state index contributed by atoms with van der Waals surface area (Å²) in [5.74, 6) is -0.0487. The van der Waals surface area contributed by atoms with E-state index >= 15 is 0 Å². The Bertz CT molecular complexity index is 634. The molecule has 0 aromatic carbocycles. The van der Waals surface area contributed by atoms with E-state index in [0.717, 1.165) is 15.2 Å². The van der Waals surface area contributed by atoms with E-state index < -0.39 is 0 Å². The van der Waals surface area contributed by atoms with E-state index in [2.05, 4.69) is 36.0 Å². The topological polar surface area (TPSA) is 97.3 Å². The summed E-state index contributed by atoms with van der Waals surface area (Å²) in [5, 5.41) is 12.9. The SMILES string of the molecule is Cc1cc(/C(N)=N/O)nc(Sc2ncccc2Br)n1. The number of rotatable bonds is 3. The minimum atomic E-state index is -0.0487. The van der Waals surface area contributed by atoms with E-state index in [1.165, 1.54) is 11.8 Å². The molecule has 0 saturated heterocycles. The first-order chi connectivity index (χ1) is 9.10. The number of nitrogens with zero attached hydrogens (tertiary/aromatic N) is 4. The predicted octanol–water partition coefficient (Wildman–Crippen LogP) is 2.19. The van der Waals surface area contributed by atoms with Crippen LogP contribution in [0.25, 0.3) is 0 Å². The van der Waals surface area contributed by atoms with Gasteiger partial charge >= 0.3 is 0 Å². The molecule has 2 rings (SSSR count). The third kappa shape index (κ3) is 3.42. The molecular formula is C11H10BrN5OS. The Kier molecular flexibility index (Phi) is 4.33. The molecule has 0 aliphatic carbocycles. The van der Waals surface area contributed by atoms with E-state index in [1.807, 2.05) is 19.1 Å². The molecule has 8 heteroatoms. The summed E-state index contributed by atoms with van der Waals surface area (Å²) in [7, 11) is 0. The molecule has 2 heterocycles. The van der Waals surface area contributed by atoms with Gasteiger partial charge in [-0.15, -0.1) is 0 Å². The van der Waals surface area contributed by atoms with Crippen molar-refractivity contribution in [3.63, 3.8) is 0 Å². The first-order valence-electron chi connectivity index (χ1n) is 5.22. The summed E-state index contributed by atoms with van der Waals surface area (Å²) in [6.45, 7) is 1.81. The van der Waals surface area contributed by atoms with Crippen molar-refractivity contribution in [3.8, 4) is 0 Å². The van der Waals surface area contributed by atoms with E-state index in [0.29, 0.717) is 10.9 Å². The smallest absolute Gasteiger partial charge is 0.194 e. The van der Waals surface area contributed by atoms with Gasteiger partial charge in [0, 0.05) is 11.9 Å². The molecule has 0 aliphatic heterocycles. The van der Waals surface area contributed by atoms with Crippen LogP contribution >= 0.6 is 27.7 Å². The maximum absolute atomic E-state index is 8.68. The quantitative estimate of drug-likeness (QED) is 0.292. The Morgan fingerprint density at radius 1 is 1.47 bits per heavy atom. The molecular weight excluding hydrogens is 330 g/mol. The highest BCUT2D eigenvalue weighted by Gasteiger charge is 2.10. The number of hydrogen-bond donors (Lipinski definition) is 2. The van der Waals surface area contributed by atoms with Gasteiger partial charge in [0.1, 0.15) is 10.7 Å². The van der Waals surface area contributed by atoms with Gasteiger partial charge in [-0.25, -0.2) is 15.0 Å². The number of oxime groups is 1. The Hall–Kier alpha value is -1.67. The molecule has 6 nitrogen and oxygen atoms in total. The Balaban J connectivity index is 2.36. The zero-order valence-electron chi connectivity index (χ0n) is 9.91. The van der Waals surface area contributed by atoms with Crippen LogP contribution in [0.2, 0.25) is 0 Å². The molecule has 0 aliphatic rings. The van der Waals surface area contributed by atoms with Crippen LogP contribution in [0.15, 0.2) is 44.2 Å². The molecule has 0 atom stereocenters. The largest absolute Gasteiger partial charge is 0.409 e. The lowest BCUT2D eigenvalue weighted by Crippen LogP contribution is -2.16. The zero-order chi connectivity index (χ0) is 13.8. The maximum Gasteiger partial charge on any atom is 0.194 e. The monoisotopic (exact) mass is 339 g/mol. The van der Waals surface area contributed by atoms with Gasteiger partial charge in [-0.1, -0.05) is 5.16 Å². The van der Waals surface area contributed by atoms with Crippen molar-refractivity contribution in [1.82, 2.24) is 15.0 Å². The van der Waals surface area contributed by atoms with E-state index in [1.54, 1.807) is 12.3 Å². The lowest BCUT2D eigenvalue weighted by molar-refractivity contribution is 0.318. The molecule has 0 unspecified atom stereocenters. The van der Waals surface area contributed by atoms with Gasteiger partial charge < -0.3 is 10.9 Å². The molecule has 19 heavy (non-hydrogen) atoms. The minimum Gasteiger partial charge on any atom is -0.409 e. The van der Waals surface area contributed by atoms with Gasteiger partial charge in [0.2, 0.25) is 0 Å². The Morgan fingerprint density at radius 2 is 2.26 bits per heavy atom. The van der Waals surface area contributed by atoms with Crippen LogP contribution in [0.5, 0.6) is 0 Å². The minimum absolute atomic E-state index is 0.0487. The van der Waals surface area contributed by atoms with Crippen molar-refractivity contribution >= 4 is 33.5 Å². The van der Waals surface area contributed by atoms with Crippen LogP contribution in [0.4, 0.5) is 0 Å². The van der Waals surface area contributed by atoms with Crippen LogP contribution in [-0.4, -0.2) is 26.0 Å². The number of nitrogens with two attached hydrogens (primary N) is 1. The van der Waals surface area contributed by atoms with Gasteiger partial charge in [-0.05, 0) is 52.8 Å². The number of halogens is 1. The maximum atomic E-state index is 8.68. The van der Waals surface area contributed by atoms with Crippen LogP contribution in [0, 0.1) is 6.92 Å². The van der Waals surface area contributed by atoms with Gasteiger partial charge in [0.15, 0.2) is 11.0 Å². The number of hydrogen-bond acceptors (Lipinski definition) is 6. The van der Waals surface area contributed by atoms with E-state index in [9.17, 15) is 0 Å². The molecule has 0 fully saturated rings. The average Bonchev–Trinajstić information content (AvgIpc) is 2.40. The van der Waals surface area contributed by atoms with Crippen molar-refractivity contribution in [3.05, 3.63) is 40.3 Å². The number of aryl methyl sites for hydroxylation is 1. The van der Waals surface area contributed by atoms with E-state index in [4.69, 9.17) is 10.9 Å². The van der Waals surface area contributed by atoms with Gasteiger partial charge in [-0.2, -0.15) is 0 Å². The standard InChI is InChI=1S/C11H10BrN5OS/c1-6-5-8(9(13)17-18)16-11(15-6)19-10-7(12)3-2-4-14-10/h2-5,18H,1H3,(H2,13,17). The van der Waals surface area contributed by atoms with Crippen molar-refractivity contribution in [1.29, 1.82) is 0 Å². The predicted molar refractivity (Wildman–Crippen MR) is 75.3 cm³/mol. The molecule has 2 aromatic rings. The third-order valence-corrected chi connectivity index (χ3v) is 3.90. The first kappa shape index (κ1) is 13.8. The normalized spacial score (nSPS) is 11.6. The summed E-state index contributed by atoms with van der Waals surface area (Å²) in [6, 6.07) is 5.36. The molecule has 0 bridgehead atoms. The lowest BCUT2D eigenvalue weighted by Gasteiger charge is -2.05. The van der Waals surface area contributed by atoms with E-state index in [-0.39, 0.29) is 5.84 Å². The summed E-state index contributed by atoms with van der Waals surface area (Å²) >= 11 is 4.70. The highest BCUT2D eigenvalue weighted by Crippen LogP contribution is 2.29. The molecule has 0 spiro atoms. The highest BCUT2D eigenvalue weighted by molar-refractivity contribution is 9.10. The molecule has 0 saturated carbocycles. The van der Waals surface area contributed by atoms with Crippen molar-refractivity contribution in [2.75, 3.05) is 0 Å². The zero-order valence-corrected chi connectivity index (χ0v) is 12.3. The second-order valence-corrected chi connectivity index (χ2v) is 5.37. The summed E-state index contributed by atoms with van der Waals surface area (Å²) in [5.41, 5.74) is 6.64. The van der Waals surface area contributed by atoms with Crippen molar-refractivity contribution < 1.29 is 5.21 Å². The average molecular weight is 340 g/mol. The van der Waals surface area contributed by atoms with Gasteiger partial charge in [-0.3, -0.25) is 0 Å². The van der Waals surface area contributed by atoms with Gasteiger partial charge in [0.25, 0.3) is 0 Å². The fraction of sp³-hybridized carbons (Fsp3) is 0.0909. The Morgan fingerprint density at radius 3 is 2.95 bits per heavy atom. The molecule has 3 N–H and O–H groups in total. The van der Waals surface area contributed by atoms with Crippen LogP contribution < -0.4 is 5.73 Å². The number of amidine groups is 1. The molecule has 0 amide bonds. The summed E-state index contributed by atoms with van der Waals surface area (Å²) < 4.78 is 0.857. The fourth-order valence-corrected chi connectivity index (χ4v) is 2.59.